The molecule has 0 radical (unpaired) electrons. The van der Waals surface area contributed by atoms with Crippen LogP contribution in [0, 0.1) is 23.7 Å². The van der Waals surface area contributed by atoms with E-state index < -0.39 is 29.3 Å². The van der Waals surface area contributed by atoms with Gasteiger partial charge in [0, 0.05) is 163 Å². The number of amides is 3. The summed E-state index contributed by atoms with van der Waals surface area (Å²) in [4.78, 5) is 108. The lowest BCUT2D eigenvalue weighted by molar-refractivity contribution is -0.138. The van der Waals surface area contributed by atoms with Crippen molar-refractivity contribution in [3.05, 3.63) is 0 Å². The molecule has 832 valence electrons. The van der Waals surface area contributed by atoms with Crippen molar-refractivity contribution in [1.82, 2.24) is 50.2 Å². The van der Waals surface area contributed by atoms with Gasteiger partial charge in [-0.1, -0.05) is 96.4 Å². The van der Waals surface area contributed by atoms with Gasteiger partial charge in [0.2, 0.25) is 25.3 Å². The van der Waals surface area contributed by atoms with Crippen LogP contribution in [-0.4, -0.2) is 360 Å². The summed E-state index contributed by atoms with van der Waals surface area (Å²) in [6.07, 6.45) is 16.6. The van der Waals surface area contributed by atoms with E-state index in [0.29, 0.717) is 132 Å². The highest BCUT2D eigenvalue weighted by atomic mass is 31.2. The number of likely N-dealkylation sites (tertiary alicyclic amines) is 7. The zero-order valence-electron chi connectivity index (χ0n) is 94.8. The fourth-order valence-electron chi connectivity index (χ4n) is 19.5. The Morgan fingerprint density at radius 3 is 1.15 bits per heavy atom. The fraction of sp³-hybridized carbons (Fsp3) is 0.943. The molecule has 6 N–H and O–H groups in total. The molecule has 0 bridgehead atoms. The maximum atomic E-state index is 12.8. The zero-order chi connectivity index (χ0) is 107. The van der Waals surface area contributed by atoms with Crippen LogP contribution in [0.1, 0.15) is 345 Å². The van der Waals surface area contributed by atoms with Crippen LogP contribution in [0.4, 0.5) is 0 Å². The Labute approximate surface area is 856 Å². The lowest BCUT2D eigenvalue weighted by Crippen LogP contribution is -2.40. The number of ketones is 2. The molecule has 7 heterocycles. The average molecular weight is 2070 g/mol. The van der Waals surface area contributed by atoms with Crippen LogP contribution in [0.25, 0.3) is 0 Å². The summed E-state index contributed by atoms with van der Waals surface area (Å²) in [7, 11) is -11.9. The van der Waals surface area contributed by atoms with Gasteiger partial charge in [-0.2, -0.15) is 0 Å². The van der Waals surface area contributed by atoms with E-state index in [2.05, 4.69) is 187 Å². The molecule has 0 aromatic rings. The van der Waals surface area contributed by atoms with Crippen molar-refractivity contribution in [2.24, 2.45) is 23.7 Å². The first-order valence-corrected chi connectivity index (χ1v) is 59.0. The number of rotatable bonds is 59. The minimum atomic E-state index is -4.43. The number of carbonyl (C=O) groups excluding carboxylic acids is 5. The van der Waals surface area contributed by atoms with Gasteiger partial charge in [0.15, 0.2) is 0 Å². The molecule has 0 aliphatic carbocycles. The normalized spacial score (nSPS) is 25.5. The Morgan fingerprint density at radius 1 is 0.383 bits per heavy atom. The standard InChI is InChI=1S/C28H60N4O9P2.C22H42N2O3.C21H43N2O4P.C17H31NO4.C17H33NO3/c1-19(2)29-24-11-26(31(13-24)21(5)6)15-37-42(33,34)39-17-28(41-23(9)10)18-40-43(35,36)38-16-27-12-25(30-20(3)4)14-32(27)22(7)8;1-16(2)8-7-9-21(25)13-19-12-20(15-27-18(5)6)24(14-19)22(26)10-11-23-17(3)4;1-9-18-10-21(13-22(18)15(2)3)27-28(8,24)25-14-19-11-20(26-17(6)7)12-23(19)16(4)5;1-11(2)16(19)8-17(20)18-9-15(22-13(5)6)7-14(18)10-21-12(3)4;1-12(2)7-8-17(19)18-10-16(21-14(5)6)9-15(18)11-20-13(3)4/h19-30H,11-18H2,1-10H3,(H,33,34)(H,35,36);16-20,23H,7-15H2,1-6H3;15-21,24H,8-14H2,1-7H3;11-15H,7-10H2,1-6H3;12-16H,7-11H2,1-6H3/t;;;14-,15+;15-,16+/m...00/s1. The highest BCUT2D eigenvalue weighted by Crippen LogP contribution is 2.49. The van der Waals surface area contributed by atoms with Crippen LogP contribution in [0.15, 0.2) is 0 Å². The third-order valence-corrected chi connectivity index (χ3v) is 29.1. The third kappa shape index (κ3) is 54.9. The number of Topliss-reactive ketones (excluding diaryl/α,β-unsaturated/α-hetero) is 2. The third-order valence-electron chi connectivity index (χ3n) is 26.0. The second-order valence-electron chi connectivity index (χ2n) is 45.6. The van der Waals surface area contributed by atoms with E-state index in [1.807, 2.05) is 92.9 Å². The second kappa shape index (κ2) is 67.1. The van der Waals surface area contributed by atoms with Crippen molar-refractivity contribution in [2.75, 3.05) is 105 Å². The molecule has 7 rings (SSSR count). The Morgan fingerprint density at radius 2 is 0.759 bits per heavy atom. The minimum absolute atomic E-state index is 0.00128. The number of nitrogens with zero attached hydrogens (tertiary/aromatic N) is 7. The van der Waals surface area contributed by atoms with Crippen molar-refractivity contribution in [3.63, 3.8) is 0 Å². The quantitative estimate of drug-likeness (QED) is 0.0243. The molecular weight excluding hydrogens is 1860 g/mol. The Bertz CT molecular complexity index is 3540. The van der Waals surface area contributed by atoms with Gasteiger partial charge in [-0.25, -0.2) is 9.13 Å². The van der Waals surface area contributed by atoms with E-state index in [4.69, 9.17) is 60.3 Å². The van der Waals surface area contributed by atoms with Gasteiger partial charge in [-0.05, 0) is 241 Å². The second-order valence-corrected chi connectivity index (χ2v) is 50.3. The number of ether oxygens (including phenoxy) is 7. The fourth-order valence-corrected chi connectivity index (χ4v) is 22.2. The highest BCUT2D eigenvalue weighted by Gasteiger charge is 2.45. The van der Waals surface area contributed by atoms with Gasteiger partial charge >= 0.3 is 15.6 Å². The van der Waals surface area contributed by atoms with Gasteiger partial charge in [-0.3, -0.25) is 61.7 Å². The SMILES string of the molecule is C=P(O)(OCC1CC(OC(C)C)CN1C(C)C)OC1CC(CC)N(C(C)C)C1.CC(C)CCC(=O)N1C[C@H](OC(C)C)C[C@H]1COC(C)C.CC(C)CCCC(=O)CC1CC(COC(C)C)N(C(=O)CCNC(C)C)C1.CC(C)NC1CC(COP(=O)(O)OCC(COP(=O)(O)OCC2CC(NC(C)C)CN2C(C)C)OC(C)C)N(C(C)C)C1.CC(C)OC[C@@H]1C[C@@H](OC(C)C)CN1C(=O)CC(=O)C(C)C. The van der Waals surface area contributed by atoms with Gasteiger partial charge in [0.05, 0.1) is 145 Å². The molecule has 7 aliphatic heterocycles. The van der Waals surface area contributed by atoms with Gasteiger partial charge in [0.1, 0.15) is 17.7 Å². The monoisotopic (exact) mass is 2070 g/mol. The Kier molecular flexibility index (Phi) is 63.2. The molecule has 36 heteroatoms. The van der Waals surface area contributed by atoms with Gasteiger partial charge in [-0.15, -0.1) is 0 Å². The number of hydrogen-bond acceptors (Lipinski definition) is 28. The smallest absolute Gasteiger partial charge is 0.377 e. The lowest BCUT2D eigenvalue weighted by Gasteiger charge is -2.30. The molecule has 7 saturated heterocycles. The number of phosphoric acid groups is 2. The largest absolute Gasteiger partial charge is 0.472 e. The van der Waals surface area contributed by atoms with Crippen molar-refractivity contribution in [1.29, 1.82) is 0 Å². The van der Waals surface area contributed by atoms with Crippen LogP contribution in [-0.2, 0) is 93.4 Å². The first kappa shape index (κ1) is 133. The predicted octanol–water partition coefficient (Wildman–Crippen LogP) is 17.0. The summed E-state index contributed by atoms with van der Waals surface area (Å²) < 4.78 is 99.4. The lowest BCUT2D eigenvalue weighted by atomic mass is 9.96. The van der Waals surface area contributed by atoms with Crippen molar-refractivity contribution >= 4 is 58.8 Å². The maximum Gasteiger partial charge on any atom is 0.472 e. The predicted molar refractivity (Wildman–Crippen MR) is 568 cm³/mol. The molecule has 17 atom stereocenters. The van der Waals surface area contributed by atoms with Crippen LogP contribution in [0.2, 0.25) is 0 Å². The van der Waals surface area contributed by atoms with E-state index in [-0.39, 0.29) is 196 Å². The molecule has 0 aromatic carbocycles. The molecular formula is C105H209N10O23P3. The van der Waals surface area contributed by atoms with Crippen LogP contribution < -0.4 is 16.0 Å². The topological polar surface area (TPSA) is 359 Å². The molecule has 3 amide bonds. The molecule has 0 aromatic heterocycles. The van der Waals surface area contributed by atoms with E-state index in [1.165, 1.54) is 0 Å². The first-order chi connectivity index (χ1) is 65.6. The van der Waals surface area contributed by atoms with Crippen molar-refractivity contribution < 1.29 is 108 Å². The van der Waals surface area contributed by atoms with Crippen molar-refractivity contribution in [3.8, 4) is 0 Å². The molecule has 7 fully saturated rings. The van der Waals surface area contributed by atoms with E-state index in [9.17, 15) is 47.8 Å². The molecule has 7 aliphatic rings. The summed E-state index contributed by atoms with van der Waals surface area (Å²) in [5.41, 5.74) is 0. The Balaban J connectivity index is 0.000000466. The molecule has 0 saturated carbocycles. The van der Waals surface area contributed by atoms with E-state index in [0.717, 1.165) is 96.8 Å². The number of hydrogen-bond donors (Lipinski definition) is 6. The summed E-state index contributed by atoms with van der Waals surface area (Å²) >= 11 is 0. The van der Waals surface area contributed by atoms with Crippen molar-refractivity contribution in [2.45, 2.75) is 515 Å². The van der Waals surface area contributed by atoms with Crippen LogP contribution >= 0.6 is 23.2 Å². The molecule has 33 nitrogen and oxygen atoms in total. The summed E-state index contributed by atoms with van der Waals surface area (Å²) in [5, 5.41) is 10.4. The summed E-state index contributed by atoms with van der Waals surface area (Å²) in [6.45, 7) is 79.6. The van der Waals surface area contributed by atoms with Gasteiger partial charge < -0.3 is 87.5 Å². The summed E-state index contributed by atoms with van der Waals surface area (Å²) in [5.74, 6) is 2.02. The highest BCUT2D eigenvalue weighted by molar-refractivity contribution is 7.58. The first-order valence-electron chi connectivity index (χ1n) is 54.3. The van der Waals surface area contributed by atoms with E-state index >= 15 is 0 Å². The zero-order valence-corrected chi connectivity index (χ0v) is 97.5. The number of phosphoric ester groups is 2. The van der Waals surface area contributed by atoms with Crippen LogP contribution in [0.5, 0.6) is 0 Å². The Hall–Kier alpha value is -2.41. The number of carbonyl (C=O) groups is 5. The van der Waals surface area contributed by atoms with Crippen LogP contribution in [0.3, 0.4) is 0 Å². The molecule has 141 heavy (non-hydrogen) atoms. The van der Waals surface area contributed by atoms with E-state index in [1.54, 1.807) is 18.7 Å². The minimum Gasteiger partial charge on any atom is -0.377 e. The van der Waals surface area contributed by atoms with Gasteiger partial charge in [0.25, 0.3) is 0 Å². The average Bonchev–Trinajstić information content (AvgIpc) is 1.71. The maximum absolute atomic E-state index is 12.8. The summed E-state index contributed by atoms with van der Waals surface area (Å²) in [6, 6.07) is 3.91. The molecule has 13 unspecified atom stereocenters. The number of nitrogens with one attached hydrogen (secondary N) is 3. The molecule has 0 spiro atoms.